The fourth-order valence-electron chi connectivity index (χ4n) is 6.62. The average Bonchev–Trinajstić information content (AvgIpc) is 2.94. The highest BCUT2D eigenvalue weighted by Gasteiger charge is 2.63. The highest BCUT2D eigenvalue weighted by Crippen LogP contribution is 2.65. The van der Waals surface area contributed by atoms with Crippen LogP contribution in [0.4, 0.5) is 0 Å². The van der Waals surface area contributed by atoms with Gasteiger partial charge in [-0.1, -0.05) is 13.0 Å². The lowest BCUT2D eigenvalue weighted by atomic mass is 9.55. The quantitative estimate of drug-likeness (QED) is 0.667. The molecule has 1 aromatic carbocycles. The Morgan fingerprint density at radius 1 is 1.04 bits per heavy atom. The summed E-state index contributed by atoms with van der Waals surface area (Å²) in [7, 11) is 1.76. The zero-order valence-electron chi connectivity index (χ0n) is 16.8. The van der Waals surface area contributed by atoms with E-state index in [0.717, 1.165) is 31.3 Å². The van der Waals surface area contributed by atoms with Crippen molar-refractivity contribution < 1.29 is 14.2 Å². The maximum absolute atomic E-state index is 6.34. The van der Waals surface area contributed by atoms with Gasteiger partial charge >= 0.3 is 0 Å². The average molecular weight is 359 g/mol. The summed E-state index contributed by atoms with van der Waals surface area (Å²) in [5.74, 6) is 2.79. The molecular weight excluding hydrogens is 324 g/mol. The van der Waals surface area contributed by atoms with Crippen molar-refractivity contribution in [2.75, 3.05) is 20.3 Å². The highest BCUT2D eigenvalue weighted by atomic mass is 16.7. The summed E-state index contributed by atoms with van der Waals surface area (Å²) in [6, 6.07) is 6.74. The van der Waals surface area contributed by atoms with Gasteiger partial charge in [0, 0.05) is 25.0 Å². The summed E-state index contributed by atoms with van der Waals surface area (Å²) in [6.07, 6.45) is 7.21. The van der Waals surface area contributed by atoms with Gasteiger partial charge in [-0.2, -0.15) is 0 Å². The molecule has 4 rings (SSSR count). The van der Waals surface area contributed by atoms with E-state index in [2.05, 4.69) is 39.0 Å². The number of fused-ring (bicyclic) bond motifs is 5. The lowest BCUT2D eigenvalue weighted by Crippen LogP contribution is -2.53. The first-order valence-corrected chi connectivity index (χ1v) is 10.5. The van der Waals surface area contributed by atoms with E-state index in [0.29, 0.717) is 11.8 Å². The van der Waals surface area contributed by atoms with Crippen molar-refractivity contribution in [1.29, 1.82) is 0 Å². The smallest absolute Gasteiger partial charge is 0.173 e. The van der Waals surface area contributed by atoms with Gasteiger partial charge < -0.3 is 14.2 Å². The highest BCUT2D eigenvalue weighted by molar-refractivity contribution is 5.40. The molecule has 3 aliphatic carbocycles. The summed E-state index contributed by atoms with van der Waals surface area (Å²) in [6.45, 7) is 8.13. The lowest BCUT2D eigenvalue weighted by Gasteiger charge is -2.54. The first kappa shape index (κ1) is 18.3. The molecule has 1 aromatic rings. The molecule has 0 amide bonds. The third kappa shape index (κ3) is 2.54. The number of hydrogen-bond acceptors (Lipinski definition) is 3. The summed E-state index contributed by atoms with van der Waals surface area (Å²) < 4.78 is 18.1. The van der Waals surface area contributed by atoms with Crippen LogP contribution in [-0.4, -0.2) is 26.1 Å². The molecule has 0 unspecified atom stereocenters. The first-order valence-electron chi connectivity index (χ1n) is 10.5. The monoisotopic (exact) mass is 358 g/mol. The molecule has 4 atom stereocenters. The second kappa shape index (κ2) is 6.83. The molecule has 0 aromatic heterocycles. The third-order valence-corrected chi connectivity index (χ3v) is 7.73. The van der Waals surface area contributed by atoms with Crippen LogP contribution in [0.15, 0.2) is 18.2 Å². The van der Waals surface area contributed by atoms with Gasteiger partial charge in [-0.3, -0.25) is 0 Å². The minimum atomic E-state index is -0.369. The molecule has 144 valence electrons. The third-order valence-electron chi connectivity index (χ3n) is 7.73. The Labute approximate surface area is 158 Å². The van der Waals surface area contributed by atoms with Crippen molar-refractivity contribution in [2.24, 2.45) is 17.3 Å². The SMILES string of the molecule is CCOC1(OCC)CC[C@H]2[C@@H]3CCc4cc(OC)ccc4[C@H]3CC[C@@]21C. The van der Waals surface area contributed by atoms with Crippen LogP contribution >= 0.6 is 0 Å². The standard InChI is InChI=1S/C23H34O3/c1-5-25-23(26-6-2)14-12-21-20-9-7-16-15-17(24-4)8-10-18(16)19(20)11-13-22(21,23)3/h8,10,15,19-21H,5-7,9,11-14H2,1-4H3/t19-,20-,21+,22+/m1/s1. The number of ether oxygens (including phenoxy) is 3. The second-order valence-corrected chi connectivity index (χ2v) is 8.59. The molecule has 0 bridgehead atoms. The van der Waals surface area contributed by atoms with Crippen LogP contribution in [0.5, 0.6) is 5.75 Å². The van der Waals surface area contributed by atoms with Crippen molar-refractivity contribution in [2.45, 2.75) is 71.0 Å². The minimum absolute atomic E-state index is 0.143. The lowest BCUT2D eigenvalue weighted by molar-refractivity contribution is -0.294. The van der Waals surface area contributed by atoms with Crippen LogP contribution in [-0.2, 0) is 15.9 Å². The largest absolute Gasteiger partial charge is 0.497 e. The van der Waals surface area contributed by atoms with Crippen molar-refractivity contribution in [3.63, 3.8) is 0 Å². The molecule has 0 N–H and O–H groups in total. The number of hydrogen-bond donors (Lipinski definition) is 0. The van der Waals surface area contributed by atoms with Gasteiger partial charge in [0.2, 0.25) is 0 Å². The predicted molar refractivity (Wildman–Crippen MR) is 104 cm³/mol. The molecule has 26 heavy (non-hydrogen) atoms. The van der Waals surface area contributed by atoms with Crippen LogP contribution in [0.1, 0.15) is 69.9 Å². The number of benzene rings is 1. The Bertz CT molecular complexity index is 649. The van der Waals surface area contributed by atoms with Crippen molar-refractivity contribution in [3.8, 4) is 5.75 Å². The van der Waals surface area contributed by atoms with E-state index < -0.39 is 0 Å². The number of aryl methyl sites for hydroxylation is 1. The van der Waals surface area contributed by atoms with Gasteiger partial charge in [-0.15, -0.1) is 0 Å². The fourth-order valence-corrected chi connectivity index (χ4v) is 6.62. The molecule has 0 saturated heterocycles. The van der Waals surface area contributed by atoms with Crippen molar-refractivity contribution in [3.05, 3.63) is 29.3 Å². The molecule has 3 nitrogen and oxygen atoms in total. The van der Waals surface area contributed by atoms with Crippen LogP contribution < -0.4 is 4.74 Å². The normalized spacial score (nSPS) is 34.7. The summed E-state index contributed by atoms with van der Waals surface area (Å²) in [5.41, 5.74) is 3.23. The van der Waals surface area contributed by atoms with Crippen molar-refractivity contribution >= 4 is 0 Å². The van der Waals surface area contributed by atoms with Crippen LogP contribution in [0.3, 0.4) is 0 Å². The predicted octanol–water partition coefficient (Wildman–Crippen LogP) is 5.32. The number of rotatable bonds is 5. The first-order chi connectivity index (χ1) is 12.6. The zero-order chi connectivity index (χ0) is 18.4. The number of methoxy groups -OCH3 is 1. The Hall–Kier alpha value is -1.06. The van der Waals surface area contributed by atoms with Gasteiger partial charge in [-0.25, -0.2) is 0 Å². The van der Waals surface area contributed by atoms with E-state index in [1.807, 2.05) is 0 Å². The Kier molecular flexibility index (Phi) is 4.81. The molecule has 0 aliphatic heterocycles. The van der Waals surface area contributed by atoms with E-state index in [4.69, 9.17) is 14.2 Å². The van der Waals surface area contributed by atoms with Crippen molar-refractivity contribution in [1.82, 2.24) is 0 Å². The molecule has 2 saturated carbocycles. The Morgan fingerprint density at radius 2 is 1.81 bits per heavy atom. The maximum atomic E-state index is 6.34. The van der Waals surface area contributed by atoms with Gasteiger partial charge in [0.05, 0.1) is 7.11 Å². The summed E-state index contributed by atoms with van der Waals surface area (Å²) in [4.78, 5) is 0. The maximum Gasteiger partial charge on any atom is 0.173 e. The molecule has 0 radical (unpaired) electrons. The van der Waals surface area contributed by atoms with Gasteiger partial charge in [0.15, 0.2) is 5.79 Å². The minimum Gasteiger partial charge on any atom is -0.497 e. The van der Waals surface area contributed by atoms with E-state index in [1.165, 1.54) is 37.7 Å². The second-order valence-electron chi connectivity index (χ2n) is 8.59. The van der Waals surface area contributed by atoms with Gasteiger partial charge in [0.25, 0.3) is 0 Å². The fraction of sp³-hybridized carbons (Fsp3) is 0.739. The molecule has 2 fully saturated rings. The van der Waals surface area contributed by atoms with E-state index in [1.54, 1.807) is 12.7 Å². The van der Waals surface area contributed by atoms with E-state index in [9.17, 15) is 0 Å². The Morgan fingerprint density at radius 3 is 2.50 bits per heavy atom. The summed E-state index contributed by atoms with van der Waals surface area (Å²) >= 11 is 0. The molecule has 0 spiro atoms. The van der Waals surface area contributed by atoms with Crippen LogP contribution in [0.2, 0.25) is 0 Å². The molecule has 0 heterocycles. The van der Waals surface area contributed by atoms with Crippen LogP contribution in [0, 0.1) is 17.3 Å². The van der Waals surface area contributed by atoms with Crippen LogP contribution in [0.25, 0.3) is 0 Å². The molecule has 3 aliphatic rings. The molecule has 3 heteroatoms. The Balaban J connectivity index is 1.65. The van der Waals surface area contributed by atoms with E-state index >= 15 is 0 Å². The topological polar surface area (TPSA) is 27.7 Å². The van der Waals surface area contributed by atoms with Gasteiger partial charge in [-0.05, 0) is 87.0 Å². The molecular formula is C23H34O3. The van der Waals surface area contributed by atoms with E-state index in [-0.39, 0.29) is 11.2 Å². The zero-order valence-corrected chi connectivity index (χ0v) is 16.8. The summed E-state index contributed by atoms with van der Waals surface area (Å²) in [5, 5.41) is 0. The van der Waals surface area contributed by atoms with Gasteiger partial charge in [0.1, 0.15) is 5.75 Å².